The van der Waals surface area contributed by atoms with Gasteiger partial charge in [-0.1, -0.05) is 43.0 Å². The molecule has 1 N–H and O–H groups in total. The molecule has 6 heteroatoms. The Kier molecular flexibility index (Phi) is 5.17. The average molecular weight is 344 g/mol. The van der Waals surface area contributed by atoms with E-state index in [1.165, 1.54) is 19.3 Å². The lowest BCUT2D eigenvalue weighted by molar-refractivity contribution is -0.140. The number of nitrogens with one attached hydrogen (secondary N) is 1. The zero-order valence-electron chi connectivity index (χ0n) is 13.2. The van der Waals surface area contributed by atoms with Crippen LogP contribution in [-0.4, -0.2) is 17.7 Å². The summed E-state index contributed by atoms with van der Waals surface area (Å²) in [6.07, 6.45) is 5.73. The summed E-state index contributed by atoms with van der Waals surface area (Å²) in [6.45, 7) is 0.350. The summed E-state index contributed by atoms with van der Waals surface area (Å²) in [6, 6.07) is 9.19. The van der Waals surface area contributed by atoms with E-state index in [0.29, 0.717) is 23.9 Å². The molecule has 1 aliphatic heterocycles. The highest BCUT2D eigenvalue weighted by Gasteiger charge is 2.25. The summed E-state index contributed by atoms with van der Waals surface area (Å²) >= 11 is 6.15. The van der Waals surface area contributed by atoms with Gasteiger partial charge in [-0.05, 0) is 30.9 Å². The van der Waals surface area contributed by atoms with Gasteiger partial charge in [-0.25, -0.2) is 9.79 Å². The van der Waals surface area contributed by atoms with Gasteiger partial charge in [0.1, 0.15) is 11.8 Å². The second-order valence-corrected chi connectivity index (χ2v) is 6.37. The van der Waals surface area contributed by atoms with Crippen LogP contribution in [0.4, 0.5) is 11.4 Å². The second kappa shape index (κ2) is 7.50. The SMILES string of the molecule is N#C/C(C(=O)OCC1CCCCC1)=C1/Nc2ccccc2N=C1Cl. The minimum absolute atomic E-state index is 0.0832. The number of esters is 1. The van der Waals surface area contributed by atoms with E-state index in [-0.39, 0.29) is 16.4 Å². The second-order valence-electron chi connectivity index (χ2n) is 6.01. The van der Waals surface area contributed by atoms with Crippen molar-refractivity contribution in [3.63, 3.8) is 0 Å². The summed E-state index contributed by atoms with van der Waals surface area (Å²) in [7, 11) is 0. The Bertz CT molecular complexity index is 743. The van der Waals surface area contributed by atoms with Gasteiger partial charge in [0.15, 0.2) is 10.7 Å². The Labute approximate surface area is 146 Å². The monoisotopic (exact) mass is 343 g/mol. The van der Waals surface area contributed by atoms with Crippen LogP contribution in [0.2, 0.25) is 0 Å². The molecule has 3 rings (SSSR count). The lowest BCUT2D eigenvalue weighted by Gasteiger charge is -2.21. The molecule has 0 unspecified atom stereocenters. The Balaban J connectivity index is 1.76. The van der Waals surface area contributed by atoms with E-state index in [4.69, 9.17) is 16.3 Å². The van der Waals surface area contributed by atoms with Crippen LogP contribution in [-0.2, 0) is 9.53 Å². The molecule has 0 atom stereocenters. The van der Waals surface area contributed by atoms with Crippen LogP contribution in [0.1, 0.15) is 32.1 Å². The third kappa shape index (κ3) is 3.60. The number of aliphatic imine (C=N–C) groups is 1. The highest BCUT2D eigenvalue weighted by molar-refractivity contribution is 6.70. The number of carbonyl (C=O) groups is 1. The number of rotatable bonds is 3. The summed E-state index contributed by atoms with van der Waals surface area (Å²) < 4.78 is 5.35. The number of fused-ring (bicyclic) bond motifs is 1. The Morgan fingerprint density at radius 3 is 2.83 bits per heavy atom. The van der Waals surface area contributed by atoms with Crippen LogP contribution in [0.5, 0.6) is 0 Å². The number of anilines is 1. The van der Waals surface area contributed by atoms with Crippen molar-refractivity contribution in [2.45, 2.75) is 32.1 Å². The highest BCUT2D eigenvalue weighted by atomic mass is 35.5. The standard InChI is InChI=1S/C18H18ClN3O2/c19-17-16(21-14-8-4-5-9-15(14)22-17)13(10-20)18(23)24-11-12-6-2-1-3-7-12/h4-5,8-9,12,21H,1-3,6-7,11H2/b16-13-. The van der Waals surface area contributed by atoms with Crippen molar-refractivity contribution in [2.75, 3.05) is 11.9 Å². The van der Waals surface area contributed by atoms with E-state index in [1.54, 1.807) is 6.07 Å². The average Bonchev–Trinajstić information content (AvgIpc) is 2.62. The quantitative estimate of drug-likeness (QED) is 0.505. The molecule has 2 aliphatic rings. The largest absolute Gasteiger partial charge is 0.461 e. The van der Waals surface area contributed by atoms with Crippen molar-refractivity contribution in [1.82, 2.24) is 0 Å². The molecule has 0 amide bonds. The molecule has 0 aromatic heterocycles. The fraction of sp³-hybridized carbons (Fsp3) is 0.389. The van der Waals surface area contributed by atoms with E-state index in [9.17, 15) is 10.1 Å². The zero-order chi connectivity index (χ0) is 16.9. The number of ether oxygens (including phenoxy) is 1. The van der Waals surface area contributed by atoms with Crippen LogP contribution in [0.25, 0.3) is 0 Å². The molecule has 1 aromatic carbocycles. The van der Waals surface area contributed by atoms with Gasteiger partial charge in [0, 0.05) is 0 Å². The number of hydrogen-bond acceptors (Lipinski definition) is 5. The highest BCUT2D eigenvalue weighted by Crippen LogP contribution is 2.32. The zero-order valence-corrected chi connectivity index (χ0v) is 14.0. The van der Waals surface area contributed by atoms with Crippen molar-refractivity contribution in [2.24, 2.45) is 10.9 Å². The Hall–Kier alpha value is -2.32. The Morgan fingerprint density at radius 2 is 2.08 bits per heavy atom. The normalized spacial score (nSPS) is 19.4. The lowest BCUT2D eigenvalue weighted by atomic mass is 9.90. The van der Waals surface area contributed by atoms with Crippen molar-refractivity contribution < 1.29 is 9.53 Å². The molecule has 0 bridgehead atoms. The molecular formula is C18H18ClN3O2. The fourth-order valence-corrected chi connectivity index (χ4v) is 3.25. The van der Waals surface area contributed by atoms with Gasteiger partial charge in [0.2, 0.25) is 0 Å². The molecule has 1 aliphatic carbocycles. The Morgan fingerprint density at radius 1 is 1.33 bits per heavy atom. The first-order valence-corrected chi connectivity index (χ1v) is 8.49. The van der Waals surface area contributed by atoms with Crippen LogP contribution in [0.15, 0.2) is 40.5 Å². The molecule has 5 nitrogen and oxygen atoms in total. The first-order chi connectivity index (χ1) is 11.7. The molecule has 24 heavy (non-hydrogen) atoms. The fourth-order valence-electron chi connectivity index (χ4n) is 3.01. The molecule has 0 saturated heterocycles. The van der Waals surface area contributed by atoms with E-state index in [0.717, 1.165) is 12.8 Å². The van der Waals surface area contributed by atoms with E-state index in [2.05, 4.69) is 10.3 Å². The molecular weight excluding hydrogens is 326 g/mol. The number of para-hydroxylation sites is 2. The summed E-state index contributed by atoms with van der Waals surface area (Å²) in [5, 5.41) is 12.5. The predicted octanol–water partition coefficient (Wildman–Crippen LogP) is 4.28. The van der Waals surface area contributed by atoms with Gasteiger partial charge < -0.3 is 10.1 Å². The van der Waals surface area contributed by atoms with Gasteiger partial charge in [0.05, 0.1) is 18.0 Å². The molecule has 1 aromatic rings. The van der Waals surface area contributed by atoms with Crippen molar-refractivity contribution in [3.05, 3.63) is 35.5 Å². The van der Waals surface area contributed by atoms with Gasteiger partial charge in [-0.2, -0.15) is 5.26 Å². The maximum absolute atomic E-state index is 12.3. The smallest absolute Gasteiger partial charge is 0.351 e. The van der Waals surface area contributed by atoms with Gasteiger partial charge in [-0.3, -0.25) is 0 Å². The summed E-state index contributed by atoms with van der Waals surface area (Å²) in [5.74, 6) is -0.268. The first-order valence-electron chi connectivity index (χ1n) is 8.11. The van der Waals surface area contributed by atoms with E-state index < -0.39 is 5.97 Å². The number of nitriles is 1. The van der Waals surface area contributed by atoms with Crippen molar-refractivity contribution in [3.8, 4) is 6.07 Å². The van der Waals surface area contributed by atoms with E-state index >= 15 is 0 Å². The number of allylic oxidation sites excluding steroid dienone is 1. The number of halogens is 1. The minimum atomic E-state index is -0.654. The maximum atomic E-state index is 12.3. The topological polar surface area (TPSA) is 74.5 Å². The number of hydrogen-bond donors (Lipinski definition) is 1. The van der Waals surface area contributed by atoms with Gasteiger partial charge in [-0.15, -0.1) is 0 Å². The molecule has 0 radical (unpaired) electrons. The number of nitrogens with zero attached hydrogens (tertiary/aromatic N) is 2. The molecule has 0 spiro atoms. The number of carbonyl (C=O) groups excluding carboxylic acids is 1. The van der Waals surface area contributed by atoms with Crippen LogP contribution < -0.4 is 5.32 Å². The van der Waals surface area contributed by atoms with Crippen LogP contribution in [0, 0.1) is 17.2 Å². The van der Waals surface area contributed by atoms with Gasteiger partial charge in [0.25, 0.3) is 0 Å². The number of benzene rings is 1. The maximum Gasteiger partial charge on any atom is 0.351 e. The molecule has 124 valence electrons. The van der Waals surface area contributed by atoms with Crippen molar-refractivity contribution in [1.29, 1.82) is 5.26 Å². The van der Waals surface area contributed by atoms with Gasteiger partial charge >= 0.3 is 5.97 Å². The molecule has 1 heterocycles. The first kappa shape index (κ1) is 16.5. The molecule has 1 fully saturated rings. The predicted molar refractivity (Wildman–Crippen MR) is 93.2 cm³/mol. The van der Waals surface area contributed by atoms with Crippen molar-refractivity contribution >= 4 is 34.1 Å². The molecule has 1 saturated carbocycles. The summed E-state index contributed by atoms with van der Waals surface area (Å²) in [4.78, 5) is 16.5. The van der Waals surface area contributed by atoms with Crippen LogP contribution >= 0.6 is 11.6 Å². The third-order valence-corrected chi connectivity index (χ3v) is 4.60. The third-order valence-electron chi connectivity index (χ3n) is 4.33. The minimum Gasteiger partial charge on any atom is -0.461 e. The summed E-state index contributed by atoms with van der Waals surface area (Å²) in [5.41, 5.74) is 1.42. The van der Waals surface area contributed by atoms with Crippen LogP contribution in [0.3, 0.4) is 0 Å². The lowest BCUT2D eigenvalue weighted by Crippen LogP contribution is -2.21. The van der Waals surface area contributed by atoms with E-state index in [1.807, 2.05) is 24.3 Å².